The van der Waals surface area contributed by atoms with Crippen LogP contribution < -0.4 is 4.40 Å². The third-order valence-electron chi connectivity index (χ3n) is 7.67. The average Bonchev–Trinajstić information content (AvgIpc) is 3.45. The van der Waals surface area contributed by atoms with E-state index in [1.54, 1.807) is 11.3 Å². The van der Waals surface area contributed by atoms with Gasteiger partial charge in [0.2, 0.25) is 0 Å². The molecule has 4 aromatic carbocycles. The number of rotatable bonds is 5. The number of hydrogen-bond donors (Lipinski definition) is 0. The van der Waals surface area contributed by atoms with E-state index in [-0.39, 0.29) is 25.7 Å². The van der Waals surface area contributed by atoms with Gasteiger partial charge in [-0.25, -0.2) is 8.78 Å². The monoisotopic (exact) mass is 866 g/mol. The maximum atomic E-state index is 13.5. The summed E-state index contributed by atoms with van der Waals surface area (Å²) in [5.41, 5.74) is 6.24. The van der Waals surface area contributed by atoms with Gasteiger partial charge >= 0.3 is 99.8 Å². The number of thiophene rings is 1. The summed E-state index contributed by atoms with van der Waals surface area (Å²) >= 11 is -0.0945. The van der Waals surface area contributed by atoms with E-state index in [1.165, 1.54) is 22.7 Å². The molecule has 0 N–H and O–H groups in total. The molecule has 0 aliphatic rings. The second-order valence-electron chi connectivity index (χ2n) is 11.9. The van der Waals surface area contributed by atoms with Gasteiger partial charge < -0.3 is 4.98 Å². The third kappa shape index (κ3) is 7.37. The number of aryl methyl sites for hydroxylation is 1. The van der Waals surface area contributed by atoms with E-state index in [1.807, 2.05) is 60.8 Å². The molecular weight excluding hydrogens is 831 g/mol. The van der Waals surface area contributed by atoms with Crippen LogP contribution in [0, 0.1) is 19.1 Å². The minimum absolute atomic E-state index is 0. The Balaban J connectivity index is 0.000000217. The fraction of sp³-hybridized carbons (Fsp3) is 0.128. The van der Waals surface area contributed by atoms with E-state index in [4.69, 9.17) is 1.37 Å². The smallest absolute Gasteiger partial charge is 0 e. The summed E-state index contributed by atoms with van der Waals surface area (Å²) in [7, 11) is 0. The van der Waals surface area contributed by atoms with Crippen molar-refractivity contribution in [3.05, 3.63) is 139 Å². The van der Waals surface area contributed by atoms with Gasteiger partial charge in [-0.3, -0.25) is 0 Å². The molecule has 3 aromatic heterocycles. The minimum atomic E-state index is -3.66. The van der Waals surface area contributed by atoms with Gasteiger partial charge in [0.1, 0.15) is 1.37 Å². The molecule has 0 aliphatic carbocycles. The van der Waals surface area contributed by atoms with E-state index < -0.39 is 19.7 Å². The maximum Gasteiger partial charge on any atom is 0 e. The molecule has 0 saturated heterocycles. The van der Waals surface area contributed by atoms with Crippen molar-refractivity contribution in [3.8, 4) is 33.6 Å². The molecule has 0 unspecified atom stereocenters. The van der Waals surface area contributed by atoms with Crippen molar-refractivity contribution in [1.29, 1.82) is 0 Å². The van der Waals surface area contributed by atoms with Crippen LogP contribution in [0.2, 0.25) is 17.3 Å². The Kier molecular flexibility index (Phi) is 10.2. The molecule has 1 radical (unpaired) electrons. The van der Waals surface area contributed by atoms with Crippen molar-refractivity contribution in [2.24, 2.45) is 0 Å². The normalized spacial score (nSPS) is 11.8. The Bertz CT molecular complexity index is 2130. The molecule has 0 aliphatic heterocycles. The molecule has 0 amide bonds. The van der Waals surface area contributed by atoms with E-state index in [9.17, 15) is 8.78 Å². The van der Waals surface area contributed by atoms with Gasteiger partial charge in [0.05, 0.1) is 0 Å². The van der Waals surface area contributed by atoms with Gasteiger partial charge in [-0.15, -0.1) is 23.8 Å². The SMILES string of the molecule is [2H]C(F)(F)c1ccnc(-c2[c-]ccc3c2sc2c(C)cc(-c4ccccc4)cc23)c1.[CH3][Ge]([CH3])([CH3])[c]1ccc(-c2[c-]cccc2)nc1.[Ir]. The van der Waals surface area contributed by atoms with Crippen LogP contribution in [0.1, 0.15) is 18.9 Å². The zero-order chi connectivity index (χ0) is 32.5. The first kappa shape index (κ1) is 32.4. The van der Waals surface area contributed by atoms with Crippen LogP contribution in [-0.2, 0) is 20.1 Å². The molecule has 0 spiro atoms. The van der Waals surface area contributed by atoms with Gasteiger partial charge in [0, 0.05) is 36.6 Å². The summed E-state index contributed by atoms with van der Waals surface area (Å²) in [6.07, 6.45) is -0.297. The van der Waals surface area contributed by atoms with Gasteiger partial charge in [-0.05, 0) is 51.5 Å². The summed E-state index contributed by atoms with van der Waals surface area (Å²) < 4.78 is 37.7. The number of pyridine rings is 2. The number of fused-ring (bicyclic) bond motifs is 3. The fourth-order valence-corrected chi connectivity index (χ4v) is 8.66. The first-order valence-electron chi connectivity index (χ1n) is 15.2. The van der Waals surface area contributed by atoms with Crippen molar-refractivity contribution >= 4 is 49.2 Å². The number of benzene rings is 4. The Morgan fingerprint density at radius 1 is 0.761 bits per heavy atom. The van der Waals surface area contributed by atoms with Crippen molar-refractivity contribution < 1.29 is 30.3 Å². The number of hydrogen-bond acceptors (Lipinski definition) is 3. The molecule has 46 heavy (non-hydrogen) atoms. The van der Waals surface area contributed by atoms with Crippen molar-refractivity contribution in [3.63, 3.8) is 0 Å². The van der Waals surface area contributed by atoms with Crippen LogP contribution in [0.3, 0.4) is 0 Å². The van der Waals surface area contributed by atoms with Crippen LogP contribution in [0.5, 0.6) is 0 Å². The van der Waals surface area contributed by atoms with Gasteiger partial charge in [0.15, 0.2) is 0 Å². The Hall–Kier alpha value is -3.55. The topological polar surface area (TPSA) is 25.8 Å². The molecule has 0 saturated carbocycles. The molecule has 0 fully saturated rings. The number of aromatic nitrogens is 2. The minimum Gasteiger partial charge on any atom is 0 e. The predicted octanol–water partition coefficient (Wildman–Crippen LogP) is 10.9. The second-order valence-corrected chi connectivity index (χ2v) is 23.6. The summed E-state index contributed by atoms with van der Waals surface area (Å²) in [6, 6.07) is 39.5. The van der Waals surface area contributed by atoms with Crippen LogP contribution in [0.4, 0.5) is 8.78 Å². The van der Waals surface area contributed by atoms with Crippen LogP contribution in [-0.4, -0.2) is 23.2 Å². The van der Waals surface area contributed by atoms with Crippen LogP contribution in [0.15, 0.2) is 116 Å². The summed E-state index contributed by atoms with van der Waals surface area (Å²) in [6.45, 7) is 2.09. The average molecular weight is 865 g/mol. The van der Waals surface area contributed by atoms with E-state index in [0.29, 0.717) is 11.3 Å². The molecule has 0 atom stereocenters. The van der Waals surface area contributed by atoms with Crippen molar-refractivity contribution in [2.45, 2.75) is 30.6 Å². The molecule has 0 bridgehead atoms. The predicted molar refractivity (Wildman–Crippen MR) is 188 cm³/mol. The largest absolute Gasteiger partial charge is 0 e. The molecule has 7 rings (SSSR count). The molecule has 233 valence electrons. The number of alkyl halides is 2. The molecule has 7 aromatic rings. The Morgan fingerprint density at radius 3 is 2.22 bits per heavy atom. The molecule has 2 nitrogen and oxygen atoms in total. The second kappa shape index (κ2) is 14.5. The Labute approximate surface area is 290 Å². The van der Waals surface area contributed by atoms with Crippen LogP contribution >= 0.6 is 11.3 Å². The summed E-state index contributed by atoms with van der Waals surface area (Å²) in [4.78, 5) is 8.82. The quantitative estimate of drug-likeness (QED) is 0.127. The van der Waals surface area contributed by atoms with Gasteiger partial charge in [-0.2, -0.15) is 11.3 Å². The van der Waals surface area contributed by atoms with E-state index in [0.717, 1.165) is 48.1 Å². The number of halogens is 2. The molecular formula is C39H32F2GeIrN2S-2. The number of nitrogens with zero attached hydrogens (tertiary/aromatic N) is 2. The third-order valence-corrected chi connectivity index (χ3v) is 13.3. The fourth-order valence-electron chi connectivity index (χ4n) is 5.24. The molecule has 3 heterocycles. The maximum absolute atomic E-state index is 13.5. The standard InChI is InChI=1S/C25H16F2NS.C14H16GeN.Ir/c1-15-12-18(16-6-3-2-4-7-16)13-21-19-8-5-9-20(24(19)29-23(15)21)22-14-17(25(26)27)10-11-28-22;1-15(2,3)13-9-10-14(16-11-13)12-7-5-4-6-8-12;/h2-8,10-14,25H,1H3;4-7,9-11H,1-3H3;/q2*-1;/i25D;;. The van der Waals surface area contributed by atoms with Gasteiger partial charge in [-0.1, -0.05) is 47.9 Å². The molecule has 7 heteroatoms. The van der Waals surface area contributed by atoms with E-state index >= 15 is 0 Å². The first-order valence-corrected chi connectivity index (χ1v) is 22.9. The summed E-state index contributed by atoms with van der Waals surface area (Å²) in [5.74, 6) is 7.14. The van der Waals surface area contributed by atoms with Crippen LogP contribution in [0.25, 0.3) is 53.8 Å². The zero-order valence-electron chi connectivity index (χ0n) is 26.9. The van der Waals surface area contributed by atoms with E-state index in [2.05, 4.69) is 82.7 Å². The van der Waals surface area contributed by atoms with Crippen molar-refractivity contribution in [2.75, 3.05) is 0 Å². The van der Waals surface area contributed by atoms with Crippen molar-refractivity contribution in [1.82, 2.24) is 9.97 Å². The first-order chi connectivity index (χ1) is 22.0. The summed E-state index contributed by atoms with van der Waals surface area (Å²) in [5, 5.41) is 2.18. The zero-order valence-corrected chi connectivity index (χ0v) is 31.2. The van der Waals surface area contributed by atoms with Gasteiger partial charge in [0.25, 0.3) is 6.40 Å². The Morgan fingerprint density at radius 2 is 1.54 bits per heavy atom.